The summed E-state index contributed by atoms with van der Waals surface area (Å²) in [5, 5.41) is 9.03. The highest BCUT2D eigenvalue weighted by Crippen LogP contribution is 2.30. The SMILES string of the molecule is Cc1nc(Sc2ccc(C#N)cc2F)oc1C. The van der Waals surface area contributed by atoms with Crippen molar-refractivity contribution in [2.45, 2.75) is 24.0 Å². The van der Waals surface area contributed by atoms with Crippen molar-refractivity contribution in [2.75, 3.05) is 0 Å². The van der Waals surface area contributed by atoms with E-state index in [2.05, 4.69) is 4.98 Å². The van der Waals surface area contributed by atoms with Gasteiger partial charge in [-0.05, 0) is 43.8 Å². The summed E-state index contributed by atoms with van der Waals surface area (Å²) in [5.74, 6) is 0.282. The van der Waals surface area contributed by atoms with Crippen LogP contribution in [-0.4, -0.2) is 4.98 Å². The number of hydrogen-bond donors (Lipinski definition) is 0. The summed E-state index contributed by atoms with van der Waals surface area (Å²) in [7, 11) is 0. The van der Waals surface area contributed by atoms with Gasteiger partial charge in [-0.1, -0.05) is 0 Å². The van der Waals surface area contributed by atoms with Crippen molar-refractivity contribution in [3.63, 3.8) is 0 Å². The zero-order valence-electron chi connectivity index (χ0n) is 9.32. The zero-order valence-corrected chi connectivity index (χ0v) is 10.1. The molecule has 0 fully saturated rings. The Labute approximate surface area is 102 Å². The lowest BCUT2D eigenvalue weighted by atomic mass is 10.2. The molecule has 0 radical (unpaired) electrons. The Hall–Kier alpha value is -1.80. The van der Waals surface area contributed by atoms with Crippen molar-refractivity contribution in [1.29, 1.82) is 5.26 Å². The molecule has 1 heterocycles. The van der Waals surface area contributed by atoms with E-state index in [0.717, 1.165) is 23.2 Å². The average Bonchev–Trinajstić information content (AvgIpc) is 2.61. The minimum atomic E-state index is -0.442. The third kappa shape index (κ3) is 2.48. The quantitative estimate of drug-likeness (QED) is 0.816. The maximum absolute atomic E-state index is 13.6. The lowest BCUT2D eigenvalue weighted by Crippen LogP contribution is -1.83. The first-order valence-electron chi connectivity index (χ1n) is 4.91. The van der Waals surface area contributed by atoms with Crippen molar-refractivity contribution in [2.24, 2.45) is 0 Å². The fraction of sp³-hybridized carbons (Fsp3) is 0.167. The molecule has 0 atom stereocenters. The van der Waals surface area contributed by atoms with Gasteiger partial charge in [0.2, 0.25) is 0 Å². The largest absolute Gasteiger partial charge is 0.436 e. The number of aryl methyl sites for hydroxylation is 2. The molecule has 2 rings (SSSR count). The first kappa shape index (κ1) is 11.7. The third-order valence-electron chi connectivity index (χ3n) is 2.27. The van der Waals surface area contributed by atoms with Gasteiger partial charge in [0.15, 0.2) is 0 Å². The van der Waals surface area contributed by atoms with Crippen molar-refractivity contribution < 1.29 is 8.81 Å². The van der Waals surface area contributed by atoms with E-state index in [1.54, 1.807) is 12.1 Å². The molecule has 0 aliphatic heterocycles. The first-order valence-corrected chi connectivity index (χ1v) is 5.73. The molecular weight excluding hydrogens is 239 g/mol. The Balaban J connectivity index is 2.28. The van der Waals surface area contributed by atoms with Gasteiger partial charge in [-0.3, -0.25) is 0 Å². The third-order valence-corrected chi connectivity index (χ3v) is 3.17. The molecule has 17 heavy (non-hydrogen) atoms. The monoisotopic (exact) mass is 248 g/mol. The van der Waals surface area contributed by atoms with Gasteiger partial charge in [-0.2, -0.15) is 5.26 Å². The topological polar surface area (TPSA) is 49.8 Å². The summed E-state index contributed by atoms with van der Waals surface area (Å²) in [6, 6.07) is 6.20. The number of oxazole rings is 1. The van der Waals surface area contributed by atoms with Gasteiger partial charge >= 0.3 is 0 Å². The van der Waals surface area contributed by atoms with Crippen molar-refractivity contribution in [3.8, 4) is 6.07 Å². The zero-order chi connectivity index (χ0) is 12.4. The molecule has 0 spiro atoms. The van der Waals surface area contributed by atoms with Gasteiger partial charge in [-0.15, -0.1) is 0 Å². The molecule has 1 aromatic heterocycles. The van der Waals surface area contributed by atoms with Crippen LogP contribution >= 0.6 is 11.8 Å². The highest BCUT2D eigenvalue weighted by Gasteiger charge is 2.11. The lowest BCUT2D eigenvalue weighted by Gasteiger charge is -1.99. The number of benzene rings is 1. The summed E-state index contributed by atoms with van der Waals surface area (Å²) in [4.78, 5) is 4.55. The van der Waals surface area contributed by atoms with Crippen LogP contribution in [-0.2, 0) is 0 Å². The van der Waals surface area contributed by atoms with Gasteiger partial charge in [0.1, 0.15) is 11.6 Å². The maximum atomic E-state index is 13.6. The second-order valence-corrected chi connectivity index (χ2v) is 4.47. The van der Waals surface area contributed by atoms with Crippen molar-refractivity contribution in [1.82, 2.24) is 4.98 Å². The molecule has 0 bridgehead atoms. The van der Waals surface area contributed by atoms with Crippen LogP contribution in [0.25, 0.3) is 0 Å². The molecular formula is C12H9FN2OS. The normalized spacial score (nSPS) is 10.2. The van der Waals surface area contributed by atoms with Crippen LogP contribution in [0.3, 0.4) is 0 Å². The Morgan fingerprint density at radius 1 is 1.41 bits per heavy atom. The van der Waals surface area contributed by atoms with Gasteiger partial charge < -0.3 is 4.42 Å². The number of nitriles is 1. The van der Waals surface area contributed by atoms with Crippen LogP contribution in [0.1, 0.15) is 17.0 Å². The maximum Gasteiger partial charge on any atom is 0.261 e. The van der Waals surface area contributed by atoms with Gasteiger partial charge in [0.25, 0.3) is 5.22 Å². The van der Waals surface area contributed by atoms with Crippen LogP contribution in [0.5, 0.6) is 0 Å². The molecule has 0 amide bonds. The van der Waals surface area contributed by atoms with E-state index < -0.39 is 5.82 Å². The van der Waals surface area contributed by atoms with Crippen LogP contribution in [0.15, 0.2) is 32.7 Å². The summed E-state index contributed by atoms with van der Waals surface area (Å²) in [5.41, 5.74) is 1.09. The molecule has 1 aromatic carbocycles. The Morgan fingerprint density at radius 2 is 2.18 bits per heavy atom. The van der Waals surface area contributed by atoms with E-state index in [-0.39, 0.29) is 0 Å². The number of aromatic nitrogens is 1. The number of rotatable bonds is 2. The molecule has 86 valence electrons. The number of hydrogen-bond acceptors (Lipinski definition) is 4. The summed E-state index contributed by atoms with van der Waals surface area (Å²) < 4.78 is 18.9. The van der Waals surface area contributed by atoms with E-state index in [1.165, 1.54) is 6.07 Å². The molecule has 0 aliphatic rings. The summed E-state index contributed by atoms with van der Waals surface area (Å²) in [6.07, 6.45) is 0. The molecule has 5 heteroatoms. The van der Waals surface area contributed by atoms with Gasteiger partial charge in [-0.25, -0.2) is 9.37 Å². The second kappa shape index (κ2) is 4.60. The fourth-order valence-corrected chi connectivity index (χ4v) is 2.06. The molecule has 0 saturated heterocycles. The molecule has 0 aliphatic carbocycles. The lowest BCUT2D eigenvalue weighted by molar-refractivity contribution is 0.430. The smallest absolute Gasteiger partial charge is 0.261 e. The summed E-state index contributed by atoms with van der Waals surface area (Å²) >= 11 is 1.11. The Bertz CT molecular complexity index is 582. The van der Waals surface area contributed by atoms with E-state index in [9.17, 15) is 4.39 Å². The van der Waals surface area contributed by atoms with Crippen LogP contribution < -0.4 is 0 Å². The van der Waals surface area contributed by atoms with Crippen LogP contribution in [0, 0.1) is 31.0 Å². The second-order valence-electron chi connectivity index (χ2n) is 3.48. The molecule has 0 saturated carbocycles. The van der Waals surface area contributed by atoms with E-state index in [4.69, 9.17) is 9.68 Å². The minimum Gasteiger partial charge on any atom is -0.436 e. The van der Waals surface area contributed by atoms with E-state index >= 15 is 0 Å². The van der Waals surface area contributed by atoms with E-state index in [1.807, 2.05) is 19.9 Å². The predicted molar refractivity (Wildman–Crippen MR) is 61.2 cm³/mol. The predicted octanol–water partition coefficient (Wildman–Crippen LogP) is 3.45. The first-order chi connectivity index (χ1) is 8.10. The van der Waals surface area contributed by atoms with Crippen LogP contribution in [0.2, 0.25) is 0 Å². The van der Waals surface area contributed by atoms with Crippen molar-refractivity contribution >= 4 is 11.8 Å². The molecule has 0 unspecified atom stereocenters. The van der Waals surface area contributed by atoms with E-state index in [0.29, 0.717) is 15.7 Å². The fourth-order valence-electron chi connectivity index (χ4n) is 1.23. The molecule has 0 N–H and O–H groups in total. The highest BCUT2D eigenvalue weighted by molar-refractivity contribution is 7.99. The molecule has 3 nitrogen and oxygen atoms in total. The highest BCUT2D eigenvalue weighted by atomic mass is 32.2. The van der Waals surface area contributed by atoms with Gasteiger partial charge in [0, 0.05) is 0 Å². The Kier molecular flexibility index (Phi) is 3.16. The Morgan fingerprint density at radius 3 is 2.71 bits per heavy atom. The number of nitrogens with zero attached hydrogens (tertiary/aromatic N) is 2. The van der Waals surface area contributed by atoms with Crippen molar-refractivity contribution in [3.05, 3.63) is 41.0 Å². The van der Waals surface area contributed by atoms with Crippen LogP contribution in [0.4, 0.5) is 4.39 Å². The average molecular weight is 248 g/mol. The van der Waals surface area contributed by atoms with Gasteiger partial charge in [0.05, 0.1) is 22.2 Å². The summed E-state index contributed by atoms with van der Waals surface area (Å²) in [6.45, 7) is 3.64. The standard InChI is InChI=1S/C12H9FN2OS/c1-7-8(2)16-12(15-7)17-11-4-3-9(6-14)5-10(11)13/h3-5H,1-2H3. The number of halogens is 1. The minimum absolute atomic E-state index is 0.298. The molecule has 2 aromatic rings.